The first-order valence-corrected chi connectivity index (χ1v) is 9.69. The monoisotopic (exact) mass is 367 g/mol. The number of rotatable bonds is 4. The molecule has 7 heteroatoms. The number of carbonyl (C=O) groups is 1. The summed E-state index contributed by atoms with van der Waals surface area (Å²) in [5.41, 5.74) is 2.33. The van der Waals surface area contributed by atoms with Crippen LogP contribution in [0, 0.1) is 12.8 Å². The van der Waals surface area contributed by atoms with Gasteiger partial charge in [-0.15, -0.1) is 11.3 Å². The molecule has 0 aromatic carbocycles. The minimum atomic E-state index is -0.118. The van der Waals surface area contributed by atoms with Crippen LogP contribution in [0.5, 0.6) is 0 Å². The van der Waals surface area contributed by atoms with Crippen molar-refractivity contribution < 1.29 is 4.79 Å². The van der Waals surface area contributed by atoms with E-state index in [1.54, 1.807) is 24.7 Å². The first-order valence-electron chi connectivity index (χ1n) is 8.88. The van der Waals surface area contributed by atoms with E-state index in [-0.39, 0.29) is 5.91 Å². The van der Waals surface area contributed by atoms with Gasteiger partial charge in [0.2, 0.25) is 0 Å². The van der Waals surface area contributed by atoms with Crippen molar-refractivity contribution in [1.82, 2.24) is 20.3 Å². The number of nitrogens with one attached hydrogen (secondary N) is 2. The second-order valence-electron chi connectivity index (χ2n) is 6.63. The number of piperidine rings is 1. The molecule has 3 aromatic rings. The maximum absolute atomic E-state index is 12.8. The smallest absolute Gasteiger partial charge is 0.267 e. The number of nitrogens with zero attached hydrogens (tertiary/aromatic N) is 3. The Balaban J connectivity index is 1.52. The third-order valence-corrected chi connectivity index (χ3v) is 5.94. The van der Waals surface area contributed by atoms with E-state index in [9.17, 15) is 4.79 Å². The zero-order valence-electron chi connectivity index (χ0n) is 14.7. The summed E-state index contributed by atoms with van der Waals surface area (Å²) in [6.07, 6.45) is 8.43. The molecular weight excluding hydrogens is 346 g/mol. The first kappa shape index (κ1) is 17.1. The van der Waals surface area contributed by atoms with Crippen LogP contribution in [0.25, 0.3) is 10.9 Å². The highest BCUT2D eigenvalue weighted by atomic mass is 32.1. The molecule has 1 aliphatic heterocycles. The summed E-state index contributed by atoms with van der Waals surface area (Å²) in [6, 6.07) is 3.63. The number of hydrogen-bond donors (Lipinski definition) is 2. The number of carbonyl (C=O) groups excluding carboxylic acids is 1. The fourth-order valence-corrected chi connectivity index (χ4v) is 4.43. The molecule has 134 valence electrons. The average molecular weight is 367 g/mol. The zero-order valence-corrected chi connectivity index (χ0v) is 15.5. The highest BCUT2D eigenvalue weighted by Crippen LogP contribution is 2.26. The molecular formula is C19H21N5OS. The van der Waals surface area contributed by atoms with Crippen molar-refractivity contribution in [3.8, 4) is 0 Å². The van der Waals surface area contributed by atoms with Crippen molar-refractivity contribution in [3.05, 3.63) is 46.3 Å². The lowest BCUT2D eigenvalue weighted by atomic mass is 9.95. The Morgan fingerprint density at radius 3 is 3.00 bits per heavy atom. The Kier molecular flexibility index (Phi) is 4.90. The van der Waals surface area contributed by atoms with Gasteiger partial charge in [-0.3, -0.25) is 14.8 Å². The van der Waals surface area contributed by atoms with Gasteiger partial charge in [-0.2, -0.15) is 0 Å². The van der Waals surface area contributed by atoms with Gasteiger partial charge in [0.05, 0.1) is 21.9 Å². The van der Waals surface area contributed by atoms with Crippen LogP contribution in [0.1, 0.15) is 33.2 Å². The van der Waals surface area contributed by atoms with Crippen LogP contribution in [0.4, 0.5) is 5.69 Å². The Labute approximate surface area is 156 Å². The predicted molar refractivity (Wildman–Crippen MR) is 104 cm³/mol. The van der Waals surface area contributed by atoms with Crippen molar-refractivity contribution in [2.24, 2.45) is 5.92 Å². The number of aromatic nitrogens is 3. The molecule has 1 aliphatic rings. The maximum atomic E-state index is 12.8. The fraction of sp³-hybridized carbons (Fsp3) is 0.368. The number of aryl methyl sites for hydroxylation is 1. The summed E-state index contributed by atoms with van der Waals surface area (Å²) in [5.74, 6) is 0.542. The molecule has 2 N–H and O–H groups in total. The van der Waals surface area contributed by atoms with Crippen molar-refractivity contribution >= 4 is 33.8 Å². The normalized spacial score (nSPS) is 15.3. The SMILES string of the molecule is Cc1nc(CC2CCNCC2)sc1C(=O)Nc1ccnc2ccncc12. The highest BCUT2D eigenvalue weighted by Gasteiger charge is 2.20. The van der Waals surface area contributed by atoms with Gasteiger partial charge in [0.25, 0.3) is 5.91 Å². The third kappa shape index (κ3) is 3.59. The molecule has 4 heterocycles. The molecule has 26 heavy (non-hydrogen) atoms. The summed E-state index contributed by atoms with van der Waals surface area (Å²) in [4.78, 5) is 26.6. The molecule has 0 unspecified atom stereocenters. The molecule has 6 nitrogen and oxygen atoms in total. The molecule has 1 fully saturated rings. The predicted octanol–water partition coefficient (Wildman–Crippen LogP) is 3.19. The van der Waals surface area contributed by atoms with Gasteiger partial charge in [-0.25, -0.2) is 4.98 Å². The van der Waals surface area contributed by atoms with Crippen LogP contribution in [-0.4, -0.2) is 33.9 Å². The second kappa shape index (κ2) is 7.47. The molecule has 0 radical (unpaired) electrons. The Morgan fingerprint density at radius 2 is 2.15 bits per heavy atom. The number of thiazole rings is 1. The van der Waals surface area contributed by atoms with Gasteiger partial charge in [0.1, 0.15) is 4.88 Å². The topological polar surface area (TPSA) is 79.8 Å². The summed E-state index contributed by atoms with van der Waals surface area (Å²) in [7, 11) is 0. The lowest BCUT2D eigenvalue weighted by Gasteiger charge is -2.21. The molecule has 4 rings (SSSR count). The average Bonchev–Trinajstić information content (AvgIpc) is 3.03. The van der Waals surface area contributed by atoms with Crippen LogP contribution < -0.4 is 10.6 Å². The standard InChI is InChI=1S/C19H21N5OS/c1-12-18(26-17(23-12)10-13-2-6-20-7-3-13)19(25)24-16-5-9-22-15-4-8-21-11-14(15)16/h4-5,8-9,11,13,20H,2-3,6-7,10H2,1H3,(H,22,24,25). The molecule has 0 aliphatic carbocycles. The van der Waals surface area contributed by atoms with Crippen molar-refractivity contribution in [1.29, 1.82) is 0 Å². The first-order chi connectivity index (χ1) is 12.7. The molecule has 0 spiro atoms. The molecule has 0 bridgehead atoms. The molecule has 3 aromatic heterocycles. The van der Waals surface area contributed by atoms with E-state index in [2.05, 4.69) is 25.6 Å². The highest BCUT2D eigenvalue weighted by molar-refractivity contribution is 7.13. The maximum Gasteiger partial charge on any atom is 0.267 e. The van der Waals surface area contributed by atoms with Gasteiger partial charge in [-0.05, 0) is 50.9 Å². The van der Waals surface area contributed by atoms with Crippen molar-refractivity contribution in [2.75, 3.05) is 18.4 Å². The van der Waals surface area contributed by atoms with E-state index in [1.165, 1.54) is 24.2 Å². The molecule has 0 atom stereocenters. The Bertz CT molecular complexity index is 927. The van der Waals surface area contributed by atoms with E-state index in [4.69, 9.17) is 0 Å². The van der Waals surface area contributed by atoms with Crippen LogP contribution in [0.2, 0.25) is 0 Å². The quantitative estimate of drug-likeness (QED) is 0.740. The molecule has 1 saturated heterocycles. The number of amides is 1. The van der Waals surface area contributed by atoms with E-state index < -0.39 is 0 Å². The summed E-state index contributed by atoms with van der Waals surface area (Å²) in [5, 5.41) is 8.28. The molecule has 1 amide bonds. The number of hydrogen-bond acceptors (Lipinski definition) is 6. The van der Waals surface area contributed by atoms with E-state index in [0.717, 1.165) is 46.8 Å². The van der Waals surface area contributed by atoms with E-state index in [1.807, 2.05) is 13.0 Å². The lowest BCUT2D eigenvalue weighted by molar-refractivity contribution is 0.103. The fourth-order valence-electron chi connectivity index (χ4n) is 3.36. The van der Waals surface area contributed by atoms with E-state index >= 15 is 0 Å². The Morgan fingerprint density at radius 1 is 1.31 bits per heavy atom. The summed E-state index contributed by atoms with van der Waals surface area (Å²) >= 11 is 1.51. The summed E-state index contributed by atoms with van der Waals surface area (Å²) < 4.78 is 0. The second-order valence-corrected chi connectivity index (χ2v) is 7.71. The zero-order chi connectivity index (χ0) is 17.9. The minimum absolute atomic E-state index is 0.118. The number of fused-ring (bicyclic) bond motifs is 1. The van der Waals surface area contributed by atoms with Crippen LogP contribution in [0.15, 0.2) is 30.7 Å². The van der Waals surface area contributed by atoms with Gasteiger partial charge in [-0.1, -0.05) is 0 Å². The summed E-state index contributed by atoms with van der Waals surface area (Å²) in [6.45, 7) is 4.06. The Hall–Kier alpha value is -2.38. The number of pyridine rings is 2. The number of anilines is 1. The van der Waals surface area contributed by atoms with Gasteiger partial charge in [0, 0.05) is 30.4 Å². The van der Waals surface area contributed by atoms with Crippen molar-refractivity contribution in [3.63, 3.8) is 0 Å². The van der Waals surface area contributed by atoms with E-state index in [0.29, 0.717) is 10.8 Å². The third-order valence-electron chi connectivity index (χ3n) is 4.76. The van der Waals surface area contributed by atoms with Gasteiger partial charge < -0.3 is 10.6 Å². The van der Waals surface area contributed by atoms with Gasteiger partial charge in [0.15, 0.2) is 0 Å². The van der Waals surface area contributed by atoms with Gasteiger partial charge >= 0.3 is 0 Å². The van der Waals surface area contributed by atoms with Crippen LogP contribution in [-0.2, 0) is 6.42 Å². The van der Waals surface area contributed by atoms with Crippen LogP contribution in [0.3, 0.4) is 0 Å². The lowest BCUT2D eigenvalue weighted by Crippen LogP contribution is -2.28. The minimum Gasteiger partial charge on any atom is -0.320 e. The largest absolute Gasteiger partial charge is 0.320 e. The van der Waals surface area contributed by atoms with Crippen molar-refractivity contribution in [2.45, 2.75) is 26.2 Å². The molecule has 0 saturated carbocycles. The van der Waals surface area contributed by atoms with Crippen LogP contribution >= 0.6 is 11.3 Å².